The maximum absolute atomic E-state index is 12.9. The first-order valence-electron chi connectivity index (χ1n) is 12.2. The van der Waals surface area contributed by atoms with Gasteiger partial charge in [-0.25, -0.2) is 15.2 Å². The number of H-pyrrole nitrogens is 1. The summed E-state index contributed by atoms with van der Waals surface area (Å²) in [5, 5.41) is 17.5. The van der Waals surface area contributed by atoms with E-state index in [1.165, 1.54) is 24.7 Å². The van der Waals surface area contributed by atoms with E-state index in [1.54, 1.807) is 42.6 Å². The highest BCUT2D eigenvalue weighted by Gasteiger charge is 2.22. The number of ether oxygens (including phenoxy) is 2. The Balaban J connectivity index is 1.35. The standard InChI is InChI=1S/C28H26N6O6/c35-27(25(14-23-16-29-19-30-23)32-28(36)40-18-20-6-2-1-3-7-20)33-31-15-22-8-4-5-9-26(22)39-17-21-10-12-24(13-11-21)34(37)38/h1-13,15-16,19,25H,14,17-18H2,(H,29,30)(H,32,36)(H,33,35)/b31-15-/t25-/m1/s1. The molecule has 1 aromatic heterocycles. The number of nitro groups is 1. The molecular weight excluding hydrogens is 516 g/mol. The third-order valence-electron chi connectivity index (χ3n) is 5.64. The number of rotatable bonds is 12. The molecule has 3 N–H and O–H groups in total. The average molecular weight is 543 g/mol. The molecule has 12 nitrogen and oxygen atoms in total. The zero-order valence-corrected chi connectivity index (χ0v) is 21.2. The molecule has 0 unspecified atom stereocenters. The lowest BCUT2D eigenvalue weighted by Gasteiger charge is -2.16. The highest BCUT2D eigenvalue weighted by Crippen LogP contribution is 2.19. The summed E-state index contributed by atoms with van der Waals surface area (Å²) < 4.78 is 11.1. The first-order chi connectivity index (χ1) is 19.5. The monoisotopic (exact) mass is 542 g/mol. The molecule has 0 saturated heterocycles. The van der Waals surface area contributed by atoms with E-state index in [4.69, 9.17) is 9.47 Å². The number of nitrogens with one attached hydrogen (secondary N) is 3. The van der Waals surface area contributed by atoms with Crippen LogP contribution >= 0.6 is 0 Å². The van der Waals surface area contributed by atoms with Crippen molar-refractivity contribution in [2.24, 2.45) is 5.10 Å². The van der Waals surface area contributed by atoms with E-state index in [9.17, 15) is 19.7 Å². The smallest absolute Gasteiger partial charge is 0.408 e. The third kappa shape index (κ3) is 8.25. The first-order valence-corrected chi connectivity index (χ1v) is 12.2. The second-order valence-electron chi connectivity index (χ2n) is 8.52. The quantitative estimate of drug-likeness (QED) is 0.139. The molecule has 2 amide bonds. The van der Waals surface area contributed by atoms with Gasteiger partial charge < -0.3 is 19.8 Å². The molecule has 0 aliphatic carbocycles. The van der Waals surface area contributed by atoms with Gasteiger partial charge in [-0.05, 0) is 35.4 Å². The van der Waals surface area contributed by atoms with Crippen molar-refractivity contribution in [2.45, 2.75) is 25.7 Å². The van der Waals surface area contributed by atoms with Crippen LogP contribution in [0.1, 0.15) is 22.4 Å². The van der Waals surface area contributed by atoms with Crippen molar-refractivity contribution >= 4 is 23.9 Å². The number of nitro benzene ring substituents is 1. The molecule has 4 rings (SSSR count). The van der Waals surface area contributed by atoms with Crippen LogP contribution in [0.3, 0.4) is 0 Å². The number of hydrazone groups is 1. The van der Waals surface area contributed by atoms with Crippen molar-refractivity contribution in [3.8, 4) is 5.75 Å². The fourth-order valence-electron chi connectivity index (χ4n) is 3.57. The Kier molecular flexibility index (Phi) is 9.53. The first kappa shape index (κ1) is 27.5. The number of alkyl carbamates (subject to hydrolysis) is 1. The van der Waals surface area contributed by atoms with Gasteiger partial charge in [-0.1, -0.05) is 42.5 Å². The van der Waals surface area contributed by atoms with Crippen molar-refractivity contribution in [3.05, 3.63) is 124 Å². The number of aromatic amines is 1. The fourth-order valence-corrected chi connectivity index (χ4v) is 3.57. The van der Waals surface area contributed by atoms with E-state index in [-0.39, 0.29) is 25.3 Å². The minimum atomic E-state index is -0.991. The fraction of sp³-hybridized carbons (Fsp3) is 0.143. The van der Waals surface area contributed by atoms with E-state index in [0.717, 1.165) is 11.1 Å². The summed E-state index contributed by atoms with van der Waals surface area (Å²) in [7, 11) is 0. The Bertz CT molecular complexity index is 1440. The van der Waals surface area contributed by atoms with Gasteiger partial charge in [-0.15, -0.1) is 0 Å². The number of non-ortho nitro benzene ring substituents is 1. The predicted molar refractivity (Wildman–Crippen MR) is 145 cm³/mol. The average Bonchev–Trinajstić information content (AvgIpc) is 3.49. The van der Waals surface area contributed by atoms with E-state index >= 15 is 0 Å². The molecular formula is C28H26N6O6. The normalized spacial score (nSPS) is 11.5. The van der Waals surface area contributed by atoms with Crippen molar-refractivity contribution in [2.75, 3.05) is 0 Å². The lowest BCUT2D eigenvalue weighted by Crippen LogP contribution is -2.47. The van der Waals surface area contributed by atoms with Crippen LogP contribution in [-0.4, -0.2) is 39.1 Å². The molecule has 1 atom stereocenters. The van der Waals surface area contributed by atoms with Gasteiger partial charge in [-0.3, -0.25) is 14.9 Å². The molecule has 0 aliphatic heterocycles. The third-order valence-corrected chi connectivity index (χ3v) is 5.64. The lowest BCUT2D eigenvalue weighted by molar-refractivity contribution is -0.384. The number of imidazole rings is 1. The van der Waals surface area contributed by atoms with E-state index in [2.05, 4.69) is 25.8 Å². The van der Waals surface area contributed by atoms with Gasteiger partial charge in [0.05, 0.1) is 17.5 Å². The zero-order chi connectivity index (χ0) is 28.2. The highest BCUT2D eigenvalue weighted by atomic mass is 16.6. The number of amides is 2. The van der Waals surface area contributed by atoms with Gasteiger partial charge in [0, 0.05) is 36.0 Å². The molecule has 12 heteroatoms. The van der Waals surface area contributed by atoms with Crippen molar-refractivity contribution in [1.29, 1.82) is 0 Å². The van der Waals surface area contributed by atoms with Gasteiger partial charge in [0.1, 0.15) is 25.0 Å². The molecule has 3 aromatic carbocycles. The van der Waals surface area contributed by atoms with Crippen LogP contribution in [-0.2, 0) is 29.2 Å². The Hall–Kier alpha value is -5.52. The molecule has 4 aromatic rings. The van der Waals surface area contributed by atoms with Crippen LogP contribution in [0.4, 0.5) is 10.5 Å². The maximum Gasteiger partial charge on any atom is 0.408 e. The van der Waals surface area contributed by atoms with Crippen LogP contribution in [0.2, 0.25) is 0 Å². The molecule has 0 aliphatic rings. The van der Waals surface area contributed by atoms with Crippen LogP contribution in [0.25, 0.3) is 0 Å². The Morgan fingerprint density at radius 2 is 1.73 bits per heavy atom. The van der Waals surface area contributed by atoms with Crippen molar-refractivity contribution in [1.82, 2.24) is 20.7 Å². The second kappa shape index (κ2) is 13.9. The van der Waals surface area contributed by atoms with E-state index in [1.807, 2.05) is 30.3 Å². The van der Waals surface area contributed by atoms with Crippen LogP contribution < -0.4 is 15.5 Å². The molecule has 0 fully saturated rings. The Morgan fingerprint density at radius 3 is 2.45 bits per heavy atom. The summed E-state index contributed by atoms with van der Waals surface area (Å²) in [6.07, 6.45) is 3.83. The number of hydrogen-bond donors (Lipinski definition) is 3. The number of para-hydroxylation sites is 1. The second-order valence-corrected chi connectivity index (χ2v) is 8.52. The summed E-state index contributed by atoms with van der Waals surface area (Å²) in [5.74, 6) is -0.0673. The highest BCUT2D eigenvalue weighted by molar-refractivity contribution is 5.88. The Labute approximate surface area is 229 Å². The van der Waals surface area contributed by atoms with Crippen LogP contribution in [0, 0.1) is 10.1 Å². The van der Waals surface area contributed by atoms with Gasteiger partial charge >= 0.3 is 6.09 Å². The molecule has 204 valence electrons. The Morgan fingerprint density at radius 1 is 1.00 bits per heavy atom. The van der Waals surface area contributed by atoms with Crippen molar-refractivity contribution in [3.63, 3.8) is 0 Å². The lowest BCUT2D eigenvalue weighted by atomic mass is 10.1. The van der Waals surface area contributed by atoms with E-state index in [0.29, 0.717) is 17.0 Å². The van der Waals surface area contributed by atoms with Crippen LogP contribution in [0.5, 0.6) is 5.75 Å². The molecule has 0 saturated carbocycles. The molecule has 40 heavy (non-hydrogen) atoms. The predicted octanol–water partition coefficient (Wildman–Crippen LogP) is 3.88. The largest absolute Gasteiger partial charge is 0.488 e. The van der Waals surface area contributed by atoms with Gasteiger partial charge in [-0.2, -0.15) is 5.10 Å². The summed E-state index contributed by atoms with van der Waals surface area (Å²) >= 11 is 0. The summed E-state index contributed by atoms with van der Waals surface area (Å²) in [4.78, 5) is 42.6. The SMILES string of the molecule is O=C(N[C@H](Cc1cnc[nH]1)C(=O)N/N=C\c1ccccc1OCc1ccc([N+](=O)[O-])cc1)OCc1ccccc1. The minimum Gasteiger partial charge on any atom is -0.488 e. The molecule has 0 radical (unpaired) electrons. The van der Waals surface area contributed by atoms with Crippen LogP contribution in [0.15, 0.2) is 96.5 Å². The molecule has 1 heterocycles. The van der Waals surface area contributed by atoms with Crippen molar-refractivity contribution < 1.29 is 24.0 Å². The topological polar surface area (TPSA) is 161 Å². The molecule has 0 bridgehead atoms. The number of carbonyl (C=O) groups is 2. The van der Waals surface area contributed by atoms with Gasteiger partial charge in [0.15, 0.2) is 0 Å². The number of hydrogen-bond acceptors (Lipinski definition) is 8. The maximum atomic E-state index is 12.9. The number of aromatic nitrogens is 2. The molecule has 0 spiro atoms. The number of nitrogens with zero attached hydrogens (tertiary/aromatic N) is 3. The van der Waals surface area contributed by atoms with E-state index < -0.39 is 23.0 Å². The number of carbonyl (C=O) groups excluding carboxylic acids is 2. The summed E-state index contributed by atoms with van der Waals surface area (Å²) in [6.45, 7) is 0.232. The van der Waals surface area contributed by atoms with Gasteiger partial charge in [0.25, 0.3) is 11.6 Å². The summed E-state index contributed by atoms with van der Waals surface area (Å²) in [6, 6.07) is 21.3. The number of benzene rings is 3. The minimum absolute atomic E-state index is 0.00296. The summed E-state index contributed by atoms with van der Waals surface area (Å²) in [5.41, 5.74) is 5.23. The van der Waals surface area contributed by atoms with Gasteiger partial charge in [0.2, 0.25) is 0 Å². The zero-order valence-electron chi connectivity index (χ0n) is 21.2.